The first-order chi connectivity index (χ1) is 11.7. The predicted molar refractivity (Wildman–Crippen MR) is 92.5 cm³/mol. The van der Waals surface area contributed by atoms with Crippen molar-refractivity contribution in [1.82, 2.24) is 15.3 Å². The summed E-state index contributed by atoms with van der Waals surface area (Å²) in [7, 11) is 0. The third kappa shape index (κ3) is 5.95. The highest BCUT2D eigenvalue weighted by atomic mass is 19.1. The van der Waals surface area contributed by atoms with Crippen LogP contribution in [0.4, 0.5) is 10.2 Å². The predicted octanol–water partition coefficient (Wildman–Crippen LogP) is 3.19. The lowest BCUT2D eigenvalue weighted by molar-refractivity contribution is 0.0948. The summed E-state index contributed by atoms with van der Waals surface area (Å²) < 4.78 is 12.9. The Hall–Kier alpha value is -2.50. The van der Waals surface area contributed by atoms with Crippen molar-refractivity contribution in [2.75, 3.05) is 18.4 Å². The number of anilines is 1. The molecule has 0 fully saturated rings. The van der Waals surface area contributed by atoms with E-state index in [1.807, 2.05) is 0 Å². The number of hydrogen-bond acceptors (Lipinski definition) is 4. The van der Waals surface area contributed by atoms with Gasteiger partial charge in [0.05, 0.1) is 0 Å². The average Bonchev–Trinajstić information content (AvgIpc) is 2.60. The standard InChI is InChI=1S/C18H23FN4O/c1-2-3-4-10-21-18(24)16-12-17(23-13-22-16)20-11-9-14-5-7-15(19)8-6-14/h5-8,12-13H,2-4,9-11H2,1H3,(H,21,24)(H,20,22,23). The number of rotatable bonds is 9. The van der Waals surface area contributed by atoms with Crippen molar-refractivity contribution in [2.24, 2.45) is 0 Å². The molecule has 0 bridgehead atoms. The number of hydrogen-bond donors (Lipinski definition) is 2. The normalized spacial score (nSPS) is 10.4. The van der Waals surface area contributed by atoms with Crippen molar-refractivity contribution in [3.8, 4) is 0 Å². The Morgan fingerprint density at radius 1 is 1.12 bits per heavy atom. The third-order valence-corrected chi connectivity index (χ3v) is 3.60. The molecule has 0 spiro atoms. The van der Waals surface area contributed by atoms with Crippen molar-refractivity contribution < 1.29 is 9.18 Å². The van der Waals surface area contributed by atoms with Gasteiger partial charge in [-0.05, 0) is 30.5 Å². The van der Waals surface area contributed by atoms with Crippen LogP contribution >= 0.6 is 0 Å². The molecule has 6 heteroatoms. The Morgan fingerprint density at radius 3 is 2.67 bits per heavy atom. The van der Waals surface area contributed by atoms with E-state index in [1.165, 1.54) is 18.5 Å². The molecule has 0 saturated carbocycles. The second-order valence-electron chi connectivity index (χ2n) is 5.55. The van der Waals surface area contributed by atoms with Gasteiger partial charge >= 0.3 is 0 Å². The first kappa shape index (κ1) is 17.8. The first-order valence-electron chi connectivity index (χ1n) is 8.27. The fourth-order valence-corrected chi connectivity index (χ4v) is 2.23. The maximum atomic E-state index is 12.9. The minimum absolute atomic E-state index is 0.185. The second-order valence-corrected chi connectivity index (χ2v) is 5.55. The Kier molecular flexibility index (Phi) is 7.14. The topological polar surface area (TPSA) is 66.9 Å². The van der Waals surface area contributed by atoms with Crippen LogP contribution in [0.5, 0.6) is 0 Å². The van der Waals surface area contributed by atoms with Crippen molar-refractivity contribution >= 4 is 11.7 Å². The molecule has 24 heavy (non-hydrogen) atoms. The van der Waals surface area contributed by atoms with Crippen LogP contribution < -0.4 is 10.6 Å². The fourth-order valence-electron chi connectivity index (χ4n) is 2.23. The monoisotopic (exact) mass is 330 g/mol. The molecule has 2 N–H and O–H groups in total. The van der Waals surface area contributed by atoms with Crippen molar-refractivity contribution in [3.05, 3.63) is 53.7 Å². The van der Waals surface area contributed by atoms with E-state index >= 15 is 0 Å². The molecule has 0 aliphatic heterocycles. The molecule has 0 aliphatic carbocycles. The minimum atomic E-state index is -0.239. The zero-order valence-electron chi connectivity index (χ0n) is 13.9. The Bertz CT molecular complexity index is 646. The number of aromatic nitrogens is 2. The van der Waals surface area contributed by atoms with Crippen LogP contribution in [0.3, 0.4) is 0 Å². The van der Waals surface area contributed by atoms with Crippen LogP contribution in [0.1, 0.15) is 42.2 Å². The molecular weight excluding hydrogens is 307 g/mol. The van der Waals surface area contributed by atoms with E-state index in [2.05, 4.69) is 27.5 Å². The molecule has 2 aromatic rings. The molecule has 2 rings (SSSR count). The van der Waals surface area contributed by atoms with Gasteiger partial charge in [0.15, 0.2) is 0 Å². The number of unbranched alkanes of at least 4 members (excludes halogenated alkanes) is 2. The van der Waals surface area contributed by atoms with Crippen molar-refractivity contribution in [1.29, 1.82) is 0 Å². The summed E-state index contributed by atoms with van der Waals surface area (Å²) in [5.41, 5.74) is 1.39. The number of halogens is 1. The van der Waals surface area contributed by atoms with E-state index in [0.29, 0.717) is 24.6 Å². The second kappa shape index (κ2) is 9.60. The summed E-state index contributed by atoms with van der Waals surface area (Å²) in [5, 5.41) is 6.01. The van der Waals surface area contributed by atoms with Gasteiger partial charge in [-0.15, -0.1) is 0 Å². The van der Waals surface area contributed by atoms with Crippen LogP contribution in [-0.4, -0.2) is 29.0 Å². The van der Waals surface area contributed by atoms with E-state index in [0.717, 1.165) is 31.2 Å². The lowest BCUT2D eigenvalue weighted by Gasteiger charge is -2.08. The van der Waals surface area contributed by atoms with Gasteiger partial charge in [0, 0.05) is 19.2 Å². The Balaban J connectivity index is 1.81. The largest absolute Gasteiger partial charge is 0.370 e. The highest BCUT2D eigenvalue weighted by Gasteiger charge is 2.07. The van der Waals surface area contributed by atoms with Gasteiger partial charge in [-0.2, -0.15) is 0 Å². The van der Waals surface area contributed by atoms with Crippen molar-refractivity contribution in [3.63, 3.8) is 0 Å². The summed E-state index contributed by atoms with van der Waals surface area (Å²) >= 11 is 0. The molecule has 1 amide bonds. The first-order valence-corrected chi connectivity index (χ1v) is 8.27. The molecule has 0 radical (unpaired) electrons. The zero-order valence-corrected chi connectivity index (χ0v) is 13.9. The number of nitrogens with zero attached hydrogens (tertiary/aromatic N) is 2. The Labute approximate surface area is 141 Å². The van der Waals surface area contributed by atoms with Crippen LogP contribution in [0, 0.1) is 5.82 Å². The summed E-state index contributed by atoms with van der Waals surface area (Å²) in [6.45, 7) is 3.42. The lowest BCUT2D eigenvalue weighted by Crippen LogP contribution is -2.25. The third-order valence-electron chi connectivity index (χ3n) is 3.60. The molecule has 5 nitrogen and oxygen atoms in total. The maximum Gasteiger partial charge on any atom is 0.270 e. The smallest absolute Gasteiger partial charge is 0.270 e. The molecule has 0 saturated heterocycles. The van der Waals surface area contributed by atoms with Gasteiger partial charge < -0.3 is 10.6 Å². The van der Waals surface area contributed by atoms with Gasteiger partial charge in [0.25, 0.3) is 5.91 Å². The SMILES string of the molecule is CCCCCNC(=O)c1cc(NCCc2ccc(F)cc2)ncn1. The molecular formula is C18H23FN4O. The van der Waals surface area contributed by atoms with E-state index in [1.54, 1.807) is 18.2 Å². The van der Waals surface area contributed by atoms with E-state index in [-0.39, 0.29) is 11.7 Å². The highest BCUT2D eigenvalue weighted by Crippen LogP contribution is 2.07. The number of nitrogens with one attached hydrogen (secondary N) is 2. The molecule has 128 valence electrons. The number of benzene rings is 1. The van der Waals surface area contributed by atoms with E-state index in [9.17, 15) is 9.18 Å². The number of carbonyl (C=O) groups excluding carboxylic acids is 1. The lowest BCUT2D eigenvalue weighted by atomic mass is 10.1. The van der Waals surface area contributed by atoms with E-state index < -0.39 is 0 Å². The van der Waals surface area contributed by atoms with Crippen LogP contribution in [0.15, 0.2) is 36.7 Å². The Morgan fingerprint density at radius 2 is 1.92 bits per heavy atom. The molecule has 0 atom stereocenters. The summed E-state index contributed by atoms with van der Waals surface area (Å²) in [6, 6.07) is 8.04. The fraction of sp³-hybridized carbons (Fsp3) is 0.389. The summed E-state index contributed by atoms with van der Waals surface area (Å²) in [5.74, 6) is 0.179. The molecule has 1 aromatic carbocycles. The van der Waals surface area contributed by atoms with Crippen LogP contribution in [0.25, 0.3) is 0 Å². The van der Waals surface area contributed by atoms with Crippen molar-refractivity contribution in [2.45, 2.75) is 32.6 Å². The van der Waals surface area contributed by atoms with Gasteiger partial charge in [0.1, 0.15) is 23.7 Å². The molecule has 0 unspecified atom stereocenters. The number of amides is 1. The zero-order chi connectivity index (χ0) is 17.2. The average molecular weight is 330 g/mol. The van der Waals surface area contributed by atoms with Crippen LogP contribution in [0.2, 0.25) is 0 Å². The van der Waals surface area contributed by atoms with Gasteiger partial charge in [0.2, 0.25) is 0 Å². The summed E-state index contributed by atoms with van der Waals surface area (Å²) in [4.78, 5) is 20.1. The molecule has 1 heterocycles. The quantitative estimate of drug-likeness (QED) is 0.693. The van der Waals surface area contributed by atoms with E-state index in [4.69, 9.17) is 0 Å². The minimum Gasteiger partial charge on any atom is -0.370 e. The van der Waals surface area contributed by atoms with Gasteiger partial charge in [-0.25, -0.2) is 14.4 Å². The van der Waals surface area contributed by atoms with Gasteiger partial charge in [-0.1, -0.05) is 31.9 Å². The number of carbonyl (C=O) groups is 1. The van der Waals surface area contributed by atoms with Gasteiger partial charge in [-0.3, -0.25) is 4.79 Å². The van der Waals surface area contributed by atoms with Crippen LogP contribution in [-0.2, 0) is 6.42 Å². The molecule has 1 aromatic heterocycles. The highest BCUT2D eigenvalue weighted by molar-refractivity contribution is 5.92. The molecule has 0 aliphatic rings. The maximum absolute atomic E-state index is 12.9. The summed E-state index contributed by atoms with van der Waals surface area (Å²) in [6.07, 6.45) is 5.30.